The molecule has 4 aromatic rings. The van der Waals surface area contributed by atoms with E-state index in [1.54, 1.807) is 61.8 Å². The molecule has 162 valence electrons. The number of carbonyl (C=O) groups excluding carboxylic acids is 1. The Kier molecular flexibility index (Phi) is 4.74. The van der Waals surface area contributed by atoms with E-state index in [0.717, 1.165) is 5.56 Å². The molecule has 1 amide bonds. The Balaban J connectivity index is 1.75. The second-order valence-electron chi connectivity index (χ2n) is 7.70. The highest BCUT2D eigenvalue weighted by Crippen LogP contribution is 2.41. The number of rotatable bonds is 5. The molecule has 7 heteroatoms. The van der Waals surface area contributed by atoms with Gasteiger partial charge in [0.15, 0.2) is 16.9 Å². The molecule has 1 atom stereocenters. The van der Waals surface area contributed by atoms with E-state index in [1.165, 1.54) is 0 Å². The molecule has 1 unspecified atom stereocenters. The first-order valence-corrected chi connectivity index (χ1v) is 10.1. The number of furan rings is 1. The average molecular weight is 431 g/mol. The van der Waals surface area contributed by atoms with E-state index in [9.17, 15) is 9.59 Å². The van der Waals surface area contributed by atoms with Crippen molar-refractivity contribution in [2.24, 2.45) is 0 Å². The largest absolute Gasteiger partial charge is 0.493 e. The Bertz CT molecular complexity index is 1390. The first-order valence-electron chi connectivity index (χ1n) is 10.1. The Morgan fingerprint density at radius 3 is 2.53 bits per heavy atom. The molecule has 5 rings (SSSR count). The second kappa shape index (κ2) is 7.60. The fourth-order valence-electron chi connectivity index (χ4n) is 4.24. The van der Waals surface area contributed by atoms with Crippen LogP contribution in [0.1, 0.15) is 39.0 Å². The zero-order valence-corrected chi connectivity index (χ0v) is 17.9. The minimum Gasteiger partial charge on any atom is -0.493 e. The lowest BCUT2D eigenvalue weighted by molar-refractivity contribution is 0.0701. The fraction of sp³-hybridized carbons (Fsp3) is 0.200. The van der Waals surface area contributed by atoms with Crippen molar-refractivity contribution in [3.05, 3.63) is 93.2 Å². The van der Waals surface area contributed by atoms with E-state index in [-0.39, 0.29) is 23.6 Å². The van der Waals surface area contributed by atoms with Gasteiger partial charge in [-0.15, -0.1) is 0 Å². The lowest BCUT2D eigenvalue weighted by Gasteiger charge is -2.25. The van der Waals surface area contributed by atoms with Gasteiger partial charge in [-0.05, 0) is 48.9 Å². The molecule has 0 N–H and O–H groups in total. The van der Waals surface area contributed by atoms with E-state index in [4.69, 9.17) is 18.3 Å². The third-order valence-electron chi connectivity index (χ3n) is 5.75. The summed E-state index contributed by atoms with van der Waals surface area (Å²) in [6, 6.07) is 13.6. The van der Waals surface area contributed by atoms with E-state index < -0.39 is 6.04 Å². The van der Waals surface area contributed by atoms with Gasteiger partial charge in [-0.3, -0.25) is 9.59 Å². The SMILES string of the molecule is COc1ccc(C2c3c(oc4ccc(C)cc4c3=O)C(=O)N2Cc2ccco2)cc1OC. The predicted octanol–water partition coefficient (Wildman–Crippen LogP) is 4.46. The smallest absolute Gasteiger partial charge is 0.291 e. The van der Waals surface area contributed by atoms with Gasteiger partial charge in [-0.2, -0.15) is 0 Å². The average Bonchev–Trinajstić information content (AvgIpc) is 3.41. The van der Waals surface area contributed by atoms with Crippen molar-refractivity contribution in [2.45, 2.75) is 19.5 Å². The van der Waals surface area contributed by atoms with Gasteiger partial charge < -0.3 is 23.2 Å². The van der Waals surface area contributed by atoms with E-state index >= 15 is 0 Å². The molecule has 1 aliphatic rings. The number of fused-ring (bicyclic) bond motifs is 2. The normalized spacial score (nSPS) is 15.3. The van der Waals surface area contributed by atoms with Crippen LogP contribution in [0.5, 0.6) is 11.5 Å². The van der Waals surface area contributed by atoms with E-state index in [2.05, 4.69) is 0 Å². The van der Waals surface area contributed by atoms with Crippen LogP contribution in [0, 0.1) is 6.92 Å². The molecule has 2 aromatic heterocycles. The Hall–Kier alpha value is -4.00. The van der Waals surface area contributed by atoms with E-state index in [1.807, 2.05) is 19.1 Å². The van der Waals surface area contributed by atoms with Crippen LogP contribution in [0.15, 0.2) is 68.4 Å². The Morgan fingerprint density at radius 1 is 1.00 bits per heavy atom. The van der Waals surface area contributed by atoms with Crippen LogP contribution in [-0.4, -0.2) is 25.0 Å². The van der Waals surface area contributed by atoms with Gasteiger partial charge in [0.25, 0.3) is 5.91 Å². The lowest BCUT2D eigenvalue weighted by atomic mass is 9.97. The molecule has 0 aliphatic carbocycles. The summed E-state index contributed by atoms with van der Waals surface area (Å²) in [5.41, 5.74) is 2.12. The molecule has 0 saturated heterocycles. The van der Waals surface area contributed by atoms with Crippen molar-refractivity contribution in [3.8, 4) is 11.5 Å². The predicted molar refractivity (Wildman–Crippen MR) is 117 cm³/mol. The van der Waals surface area contributed by atoms with Crippen LogP contribution in [0.25, 0.3) is 11.0 Å². The number of amides is 1. The highest BCUT2D eigenvalue weighted by molar-refractivity contribution is 5.99. The monoisotopic (exact) mass is 431 g/mol. The summed E-state index contributed by atoms with van der Waals surface area (Å²) in [7, 11) is 3.10. The fourth-order valence-corrected chi connectivity index (χ4v) is 4.24. The van der Waals surface area contributed by atoms with Gasteiger partial charge in [0.2, 0.25) is 5.76 Å². The van der Waals surface area contributed by atoms with Gasteiger partial charge in [0.05, 0.1) is 44.0 Å². The number of nitrogens with zero attached hydrogens (tertiary/aromatic N) is 1. The van der Waals surface area contributed by atoms with Crippen molar-refractivity contribution in [3.63, 3.8) is 0 Å². The number of hydrogen-bond donors (Lipinski definition) is 0. The summed E-state index contributed by atoms with van der Waals surface area (Å²) in [5.74, 6) is 1.35. The van der Waals surface area contributed by atoms with Crippen LogP contribution in [0.2, 0.25) is 0 Å². The topological polar surface area (TPSA) is 82.1 Å². The molecular weight excluding hydrogens is 410 g/mol. The second-order valence-corrected chi connectivity index (χ2v) is 7.70. The first kappa shape index (κ1) is 19.9. The molecule has 0 saturated carbocycles. The van der Waals surface area contributed by atoms with Crippen molar-refractivity contribution >= 4 is 16.9 Å². The summed E-state index contributed by atoms with van der Waals surface area (Å²) >= 11 is 0. The molecule has 0 bridgehead atoms. The maximum absolute atomic E-state index is 13.6. The van der Waals surface area contributed by atoms with Crippen LogP contribution >= 0.6 is 0 Å². The van der Waals surface area contributed by atoms with Crippen LogP contribution in [-0.2, 0) is 6.54 Å². The zero-order valence-electron chi connectivity index (χ0n) is 17.9. The number of ether oxygens (including phenoxy) is 2. The quantitative estimate of drug-likeness (QED) is 0.464. The maximum atomic E-state index is 13.6. The van der Waals surface area contributed by atoms with Crippen LogP contribution in [0.3, 0.4) is 0 Å². The molecule has 32 heavy (non-hydrogen) atoms. The Labute approximate surface area is 183 Å². The first-order chi connectivity index (χ1) is 15.5. The summed E-state index contributed by atoms with van der Waals surface area (Å²) in [6.07, 6.45) is 1.55. The van der Waals surface area contributed by atoms with Gasteiger partial charge in [-0.25, -0.2) is 0 Å². The molecule has 2 aromatic carbocycles. The number of benzene rings is 2. The number of aryl methyl sites for hydroxylation is 1. The summed E-state index contributed by atoms with van der Waals surface area (Å²) in [6.45, 7) is 2.09. The standard InChI is InChI=1S/C25H21NO6/c1-14-6-8-18-17(11-14)23(27)21-22(15-7-9-19(29-2)20(12-15)30-3)26(25(28)24(21)32-18)13-16-5-4-10-31-16/h4-12,22H,13H2,1-3H3. The molecular formula is C25H21NO6. The third-order valence-corrected chi connectivity index (χ3v) is 5.75. The maximum Gasteiger partial charge on any atom is 0.291 e. The van der Waals surface area contributed by atoms with Gasteiger partial charge in [0, 0.05) is 0 Å². The van der Waals surface area contributed by atoms with Crippen molar-refractivity contribution in [1.29, 1.82) is 0 Å². The third kappa shape index (κ3) is 3.05. The van der Waals surface area contributed by atoms with Crippen molar-refractivity contribution < 1.29 is 23.1 Å². The minimum absolute atomic E-state index is 0.0534. The summed E-state index contributed by atoms with van der Waals surface area (Å²) in [4.78, 5) is 28.6. The lowest BCUT2D eigenvalue weighted by Crippen LogP contribution is -2.29. The van der Waals surface area contributed by atoms with Crippen molar-refractivity contribution in [1.82, 2.24) is 4.90 Å². The summed E-state index contributed by atoms with van der Waals surface area (Å²) < 4.78 is 22.3. The highest BCUT2D eigenvalue weighted by Gasteiger charge is 2.43. The Morgan fingerprint density at radius 2 is 1.81 bits per heavy atom. The minimum atomic E-state index is -0.663. The van der Waals surface area contributed by atoms with Gasteiger partial charge in [0.1, 0.15) is 11.3 Å². The van der Waals surface area contributed by atoms with Gasteiger partial charge >= 0.3 is 0 Å². The number of methoxy groups -OCH3 is 2. The summed E-state index contributed by atoms with van der Waals surface area (Å²) in [5, 5.41) is 0.446. The molecule has 7 nitrogen and oxygen atoms in total. The molecule has 0 fully saturated rings. The van der Waals surface area contributed by atoms with Crippen molar-refractivity contribution in [2.75, 3.05) is 14.2 Å². The molecule has 0 radical (unpaired) electrons. The number of carbonyl (C=O) groups is 1. The van der Waals surface area contributed by atoms with Gasteiger partial charge in [-0.1, -0.05) is 17.7 Å². The zero-order chi connectivity index (χ0) is 22.4. The van der Waals surface area contributed by atoms with E-state index in [0.29, 0.717) is 39.4 Å². The highest BCUT2D eigenvalue weighted by atomic mass is 16.5. The molecule has 3 heterocycles. The number of hydrogen-bond acceptors (Lipinski definition) is 6. The molecule has 1 aliphatic heterocycles. The van der Waals surface area contributed by atoms with Crippen LogP contribution < -0.4 is 14.9 Å². The van der Waals surface area contributed by atoms with Crippen LogP contribution in [0.4, 0.5) is 0 Å². The molecule has 0 spiro atoms.